The summed E-state index contributed by atoms with van der Waals surface area (Å²) in [5.41, 5.74) is 0. The highest BCUT2D eigenvalue weighted by Gasteiger charge is 2.44. The molecule has 166 valence electrons. The summed E-state index contributed by atoms with van der Waals surface area (Å²) in [6, 6.07) is 0. The van der Waals surface area contributed by atoms with Crippen molar-refractivity contribution in [1.29, 1.82) is 0 Å². The molecule has 3 saturated carbocycles. The molecule has 0 aromatic heterocycles. The average molecular weight is 407 g/mol. The highest BCUT2D eigenvalue weighted by atomic mass is 16.5. The molecule has 4 atom stereocenters. The zero-order valence-electron chi connectivity index (χ0n) is 18.3. The molecule has 0 heterocycles. The third kappa shape index (κ3) is 6.53. The Kier molecular flexibility index (Phi) is 8.89. The summed E-state index contributed by atoms with van der Waals surface area (Å²) in [4.78, 5) is 0. The summed E-state index contributed by atoms with van der Waals surface area (Å²) in [5, 5.41) is 0. The van der Waals surface area contributed by atoms with Crippen molar-refractivity contribution in [2.24, 2.45) is 23.7 Å². The van der Waals surface area contributed by atoms with Crippen LogP contribution < -0.4 is 0 Å². The SMILES string of the molecule is C1=CC2CC1C(COCCOC1CCCCC1)C2COCCOC1CCCCC1. The highest BCUT2D eigenvalue weighted by Crippen LogP contribution is 2.48. The lowest BCUT2D eigenvalue weighted by molar-refractivity contribution is -0.0370. The molecule has 0 N–H and O–H groups in total. The number of fused-ring (bicyclic) bond motifs is 2. The molecule has 0 aromatic rings. The van der Waals surface area contributed by atoms with Gasteiger partial charge in [-0.15, -0.1) is 0 Å². The van der Waals surface area contributed by atoms with Crippen LogP contribution in [0.25, 0.3) is 0 Å². The average Bonchev–Trinajstić information content (AvgIpc) is 3.37. The zero-order valence-corrected chi connectivity index (χ0v) is 18.3. The van der Waals surface area contributed by atoms with E-state index in [0.717, 1.165) is 39.6 Å². The first-order valence-electron chi connectivity index (χ1n) is 12.5. The summed E-state index contributed by atoms with van der Waals surface area (Å²) in [7, 11) is 0. The Balaban J connectivity index is 1.08. The molecule has 4 aliphatic carbocycles. The van der Waals surface area contributed by atoms with Crippen LogP contribution in [0.15, 0.2) is 12.2 Å². The highest BCUT2D eigenvalue weighted by molar-refractivity contribution is 5.13. The largest absolute Gasteiger partial charge is 0.379 e. The van der Waals surface area contributed by atoms with E-state index in [1.807, 2.05) is 0 Å². The molecular formula is C25H42O4. The Labute approximate surface area is 177 Å². The lowest BCUT2D eigenvalue weighted by Crippen LogP contribution is -2.29. The fourth-order valence-electron chi connectivity index (χ4n) is 5.97. The summed E-state index contributed by atoms with van der Waals surface area (Å²) >= 11 is 0. The van der Waals surface area contributed by atoms with Crippen LogP contribution in [0.1, 0.15) is 70.6 Å². The molecule has 0 aromatic carbocycles. The topological polar surface area (TPSA) is 36.9 Å². The summed E-state index contributed by atoms with van der Waals surface area (Å²) in [5.74, 6) is 2.59. The van der Waals surface area contributed by atoms with Crippen LogP contribution in [0.5, 0.6) is 0 Å². The van der Waals surface area contributed by atoms with E-state index in [-0.39, 0.29) is 0 Å². The molecule has 0 radical (unpaired) electrons. The molecule has 29 heavy (non-hydrogen) atoms. The van der Waals surface area contributed by atoms with Crippen molar-refractivity contribution in [2.75, 3.05) is 39.6 Å². The van der Waals surface area contributed by atoms with E-state index in [1.54, 1.807) is 0 Å². The molecule has 0 amide bonds. The van der Waals surface area contributed by atoms with Crippen molar-refractivity contribution in [3.63, 3.8) is 0 Å². The number of ether oxygens (including phenoxy) is 4. The summed E-state index contributed by atoms with van der Waals surface area (Å²) in [6.07, 6.45) is 20.1. The van der Waals surface area contributed by atoms with Gasteiger partial charge < -0.3 is 18.9 Å². The molecule has 4 aliphatic rings. The second-order valence-corrected chi connectivity index (χ2v) is 9.69. The van der Waals surface area contributed by atoms with Gasteiger partial charge in [0.25, 0.3) is 0 Å². The first-order valence-corrected chi connectivity index (χ1v) is 12.5. The van der Waals surface area contributed by atoms with Crippen LogP contribution in [-0.2, 0) is 18.9 Å². The lowest BCUT2D eigenvalue weighted by atomic mass is 9.84. The van der Waals surface area contributed by atoms with Crippen molar-refractivity contribution in [3.8, 4) is 0 Å². The fraction of sp³-hybridized carbons (Fsp3) is 0.920. The van der Waals surface area contributed by atoms with Gasteiger partial charge in [0.15, 0.2) is 0 Å². The van der Waals surface area contributed by atoms with Gasteiger partial charge in [-0.25, -0.2) is 0 Å². The maximum absolute atomic E-state index is 6.06. The van der Waals surface area contributed by atoms with Gasteiger partial charge in [0, 0.05) is 0 Å². The zero-order chi connectivity index (χ0) is 19.7. The maximum Gasteiger partial charge on any atom is 0.0704 e. The summed E-state index contributed by atoms with van der Waals surface area (Å²) in [6.45, 7) is 4.67. The minimum absolute atomic E-state index is 0.481. The first-order chi connectivity index (χ1) is 14.4. The van der Waals surface area contributed by atoms with Gasteiger partial charge in [-0.2, -0.15) is 0 Å². The number of rotatable bonds is 12. The van der Waals surface area contributed by atoms with E-state index in [1.165, 1.54) is 70.6 Å². The molecule has 4 nitrogen and oxygen atoms in total. The lowest BCUT2D eigenvalue weighted by Gasteiger charge is -2.28. The van der Waals surface area contributed by atoms with Crippen LogP contribution in [0.3, 0.4) is 0 Å². The standard InChI is InChI=1S/C25H42O4/c1-3-7-22(8-4-1)28-15-13-26-18-24-20-11-12-21(17-20)25(24)19-27-14-16-29-23-9-5-2-6-10-23/h11-12,20-25H,1-10,13-19H2. The van der Waals surface area contributed by atoms with Crippen LogP contribution in [0, 0.1) is 23.7 Å². The van der Waals surface area contributed by atoms with Gasteiger partial charge in [-0.05, 0) is 55.8 Å². The monoisotopic (exact) mass is 406 g/mol. The quantitative estimate of drug-likeness (QED) is 0.331. The van der Waals surface area contributed by atoms with Crippen LogP contribution in [0.2, 0.25) is 0 Å². The van der Waals surface area contributed by atoms with E-state index in [4.69, 9.17) is 18.9 Å². The van der Waals surface area contributed by atoms with E-state index < -0.39 is 0 Å². The second-order valence-electron chi connectivity index (χ2n) is 9.69. The molecule has 0 aliphatic heterocycles. The van der Waals surface area contributed by atoms with E-state index >= 15 is 0 Å². The first kappa shape index (κ1) is 21.8. The van der Waals surface area contributed by atoms with Crippen molar-refractivity contribution in [2.45, 2.75) is 82.8 Å². The predicted molar refractivity (Wildman–Crippen MR) is 115 cm³/mol. The Bertz CT molecular complexity index is 439. The van der Waals surface area contributed by atoms with Gasteiger partial charge in [-0.3, -0.25) is 0 Å². The van der Waals surface area contributed by atoms with Gasteiger partial charge in [0.2, 0.25) is 0 Å². The molecule has 4 unspecified atom stereocenters. The Morgan fingerprint density at radius 3 is 1.45 bits per heavy atom. The molecule has 2 bridgehead atoms. The molecule has 0 spiro atoms. The molecule has 0 saturated heterocycles. The Morgan fingerprint density at radius 2 is 1.00 bits per heavy atom. The van der Waals surface area contributed by atoms with Crippen LogP contribution >= 0.6 is 0 Å². The third-order valence-electron chi connectivity index (χ3n) is 7.69. The third-order valence-corrected chi connectivity index (χ3v) is 7.69. The van der Waals surface area contributed by atoms with E-state index in [2.05, 4.69) is 12.2 Å². The normalized spacial score (nSPS) is 33.0. The number of hydrogen-bond donors (Lipinski definition) is 0. The van der Waals surface area contributed by atoms with Crippen molar-refractivity contribution in [1.82, 2.24) is 0 Å². The molecular weight excluding hydrogens is 364 g/mol. The van der Waals surface area contributed by atoms with E-state index in [0.29, 0.717) is 35.9 Å². The Hall–Kier alpha value is -0.420. The van der Waals surface area contributed by atoms with Crippen LogP contribution in [0.4, 0.5) is 0 Å². The van der Waals surface area contributed by atoms with Crippen molar-refractivity contribution >= 4 is 0 Å². The Morgan fingerprint density at radius 1 is 0.552 bits per heavy atom. The molecule has 3 fully saturated rings. The second kappa shape index (κ2) is 11.8. The maximum atomic E-state index is 6.06. The van der Waals surface area contributed by atoms with Crippen molar-refractivity contribution < 1.29 is 18.9 Å². The molecule has 4 rings (SSSR count). The predicted octanol–water partition coefficient (Wildman–Crippen LogP) is 5.16. The number of hydrogen-bond acceptors (Lipinski definition) is 4. The van der Waals surface area contributed by atoms with E-state index in [9.17, 15) is 0 Å². The molecule has 4 heteroatoms. The fourth-order valence-corrected chi connectivity index (χ4v) is 5.97. The minimum Gasteiger partial charge on any atom is -0.379 e. The van der Waals surface area contributed by atoms with Gasteiger partial charge in [0.1, 0.15) is 0 Å². The van der Waals surface area contributed by atoms with Gasteiger partial charge in [0.05, 0.1) is 51.8 Å². The smallest absolute Gasteiger partial charge is 0.0704 e. The number of allylic oxidation sites excluding steroid dienone is 2. The van der Waals surface area contributed by atoms with Crippen molar-refractivity contribution in [3.05, 3.63) is 12.2 Å². The van der Waals surface area contributed by atoms with Gasteiger partial charge in [-0.1, -0.05) is 50.7 Å². The van der Waals surface area contributed by atoms with Gasteiger partial charge >= 0.3 is 0 Å². The minimum atomic E-state index is 0.481. The van der Waals surface area contributed by atoms with Crippen LogP contribution in [-0.4, -0.2) is 51.8 Å². The summed E-state index contributed by atoms with van der Waals surface area (Å²) < 4.78 is 24.1.